The highest BCUT2D eigenvalue weighted by Gasteiger charge is 2.20. The molecule has 0 unspecified atom stereocenters. The van der Waals surface area contributed by atoms with Crippen molar-refractivity contribution in [3.8, 4) is 33.0 Å². The van der Waals surface area contributed by atoms with Gasteiger partial charge in [-0.2, -0.15) is 0 Å². The fourth-order valence-corrected chi connectivity index (χ4v) is 5.94. The lowest BCUT2D eigenvalue weighted by atomic mass is 9.93. The van der Waals surface area contributed by atoms with E-state index in [-0.39, 0.29) is 6.42 Å². The van der Waals surface area contributed by atoms with Crippen molar-refractivity contribution in [3.63, 3.8) is 0 Å². The lowest BCUT2D eigenvalue weighted by Gasteiger charge is -2.13. The summed E-state index contributed by atoms with van der Waals surface area (Å²) in [5, 5.41) is 12.1. The van der Waals surface area contributed by atoms with Crippen molar-refractivity contribution < 1.29 is 9.90 Å². The SMILES string of the molecule is Cc1cc2nc(-c3ccnc(-c4ccc5nc(N)ccc5c4)c3)sc2c(-c2ccc(Cl)cc2)c1CC(=O)O. The van der Waals surface area contributed by atoms with E-state index in [4.69, 9.17) is 22.3 Å². The number of thiazole rings is 1. The number of aromatic nitrogens is 3. The molecule has 0 saturated carbocycles. The van der Waals surface area contributed by atoms with Gasteiger partial charge in [0, 0.05) is 33.3 Å². The average Bonchev–Trinajstić information content (AvgIpc) is 3.33. The number of carboxylic acids is 1. The third-order valence-corrected chi connectivity index (χ3v) is 7.88. The Morgan fingerprint density at radius 2 is 1.71 bits per heavy atom. The van der Waals surface area contributed by atoms with Crippen LogP contribution in [0.15, 0.2) is 79.0 Å². The number of benzene rings is 3. The third-order valence-electron chi connectivity index (χ3n) is 6.49. The number of aliphatic carboxylic acids is 1. The predicted molar refractivity (Wildman–Crippen MR) is 155 cm³/mol. The number of rotatable bonds is 5. The van der Waals surface area contributed by atoms with E-state index in [1.165, 1.54) is 0 Å². The van der Waals surface area contributed by atoms with Crippen LogP contribution in [0.1, 0.15) is 11.1 Å². The first-order valence-electron chi connectivity index (χ1n) is 11.9. The first-order chi connectivity index (χ1) is 18.4. The minimum Gasteiger partial charge on any atom is -0.481 e. The van der Waals surface area contributed by atoms with E-state index in [1.807, 2.05) is 73.7 Å². The third kappa shape index (κ3) is 4.47. The van der Waals surface area contributed by atoms with Crippen LogP contribution in [0.3, 0.4) is 0 Å². The Morgan fingerprint density at radius 1 is 0.921 bits per heavy atom. The highest BCUT2D eigenvalue weighted by atomic mass is 35.5. The summed E-state index contributed by atoms with van der Waals surface area (Å²) in [7, 11) is 0. The Bertz CT molecular complexity index is 1870. The number of carboxylic acid groups (broad SMARTS) is 1. The topological polar surface area (TPSA) is 102 Å². The van der Waals surface area contributed by atoms with Crippen molar-refractivity contribution >= 4 is 55.8 Å². The van der Waals surface area contributed by atoms with Gasteiger partial charge in [0.15, 0.2) is 0 Å². The summed E-state index contributed by atoms with van der Waals surface area (Å²) in [6.07, 6.45) is 1.71. The molecule has 0 amide bonds. The molecule has 0 atom stereocenters. The van der Waals surface area contributed by atoms with Crippen molar-refractivity contribution in [2.75, 3.05) is 5.73 Å². The lowest BCUT2D eigenvalue weighted by molar-refractivity contribution is -0.136. The quantitative estimate of drug-likeness (QED) is 0.238. The highest BCUT2D eigenvalue weighted by molar-refractivity contribution is 7.22. The molecule has 186 valence electrons. The molecule has 3 aromatic heterocycles. The number of pyridine rings is 2. The van der Waals surface area contributed by atoms with Crippen molar-refractivity contribution in [1.82, 2.24) is 15.0 Å². The van der Waals surface area contributed by atoms with Gasteiger partial charge in [-0.25, -0.2) is 9.97 Å². The molecule has 3 aromatic carbocycles. The molecule has 6 rings (SSSR count). The largest absolute Gasteiger partial charge is 0.481 e. The number of hydrogen-bond acceptors (Lipinski definition) is 6. The first kappa shape index (κ1) is 24.0. The number of hydrogen-bond donors (Lipinski definition) is 2. The fourth-order valence-electron chi connectivity index (χ4n) is 4.68. The molecule has 6 nitrogen and oxygen atoms in total. The van der Waals surface area contributed by atoms with Gasteiger partial charge < -0.3 is 10.8 Å². The number of fused-ring (bicyclic) bond motifs is 2. The van der Waals surface area contributed by atoms with Gasteiger partial charge in [0.05, 0.1) is 27.8 Å². The van der Waals surface area contributed by atoms with Crippen LogP contribution < -0.4 is 5.73 Å². The molecule has 38 heavy (non-hydrogen) atoms. The van der Waals surface area contributed by atoms with E-state index in [2.05, 4.69) is 9.97 Å². The number of anilines is 1. The maximum atomic E-state index is 11.7. The number of carbonyl (C=O) groups is 1. The second-order valence-electron chi connectivity index (χ2n) is 9.07. The normalized spacial score (nSPS) is 11.3. The van der Waals surface area contributed by atoms with Gasteiger partial charge in [0.25, 0.3) is 0 Å². The number of nitrogens with two attached hydrogens (primary N) is 1. The Labute approximate surface area is 227 Å². The molecule has 3 N–H and O–H groups in total. The highest BCUT2D eigenvalue weighted by Crippen LogP contribution is 2.41. The van der Waals surface area contributed by atoms with Gasteiger partial charge >= 0.3 is 5.97 Å². The summed E-state index contributed by atoms with van der Waals surface area (Å²) in [6.45, 7) is 1.93. The van der Waals surface area contributed by atoms with Gasteiger partial charge in [-0.05, 0) is 78.2 Å². The van der Waals surface area contributed by atoms with Crippen molar-refractivity contribution in [1.29, 1.82) is 0 Å². The zero-order chi connectivity index (χ0) is 26.4. The standard InChI is InChI=1S/C30H21ClN4O2S/c1-16-12-25-29(28(22(16)15-27(36)37)17-2-6-21(31)7-3-17)38-30(35-25)20-10-11-33-24(14-20)19-4-8-23-18(13-19)5-9-26(32)34-23/h2-14H,15H2,1H3,(H2,32,34)(H,36,37). The van der Waals surface area contributed by atoms with Crippen molar-refractivity contribution in [3.05, 3.63) is 95.1 Å². The van der Waals surface area contributed by atoms with E-state index >= 15 is 0 Å². The summed E-state index contributed by atoms with van der Waals surface area (Å²) in [6, 6.07) is 23.1. The van der Waals surface area contributed by atoms with Crippen molar-refractivity contribution in [2.24, 2.45) is 0 Å². The fraction of sp³-hybridized carbons (Fsp3) is 0.0667. The predicted octanol–water partition coefficient (Wildman–Crippen LogP) is 7.41. The molecular weight excluding hydrogens is 516 g/mol. The molecule has 0 saturated heterocycles. The molecular formula is C30H21ClN4O2S. The van der Waals surface area contributed by atoms with Gasteiger partial charge in [-0.15, -0.1) is 11.3 Å². The Balaban J connectivity index is 1.49. The zero-order valence-electron chi connectivity index (χ0n) is 20.3. The molecule has 0 aliphatic heterocycles. The van der Waals surface area contributed by atoms with E-state index in [1.54, 1.807) is 23.6 Å². The number of nitrogen functional groups attached to an aromatic ring is 1. The second kappa shape index (κ2) is 9.52. The van der Waals surface area contributed by atoms with E-state index in [0.717, 1.165) is 65.2 Å². The summed E-state index contributed by atoms with van der Waals surface area (Å²) < 4.78 is 0.942. The number of halogens is 1. The number of aryl methyl sites for hydroxylation is 1. The minimum atomic E-state index is -0.876. The molecule has 3 heterocycles. The summed E-state index contributed by atoms with van der Waals surface area (Å²) in [5.41, 5.74) is 13.7. The Hall–Kier alpha value is -4.33. The van der Waals surface area contributed by atoms with E-state index in [9.17, 15) is 9.90 Å². The molecule has 0 bridgehead atoms. The van der Waals surface area contributed by atoms with E-state index < -0.39 is 5.97 Å². The maximum Gasteiger partial charge on any atom is 0.307 e. The summed E-state index contributed by atoms with van der Waals surface area (Å²) in [5.74, 6) is -0.389. The van der Waals surface area contributed by atoms with Gasteiger partial charge in [0.1, 0.15) is 10.8 Å². The summed E-state index contributed by atoms with van der Waals surface area (Å²) in [4.78, 5) is 25.7. The second-order valence-corrected chi connectivity index (χ2v) is 10.5. The van der Waals surface area contributed by atoms with Crippen molar-refractivity contribution in [2.45, 2.75) is 13.3 Å². The zero-order valence-corrected chi connectivity index (χ0v) is 21.8. The molecule has 8 heteroatoms. The van der Waals surface area contributed by atoms with Crippen LogP contribution >= 0.6 is 22.9 Å². The van der Waals surface area contributed by atoms with Gasteiger partial charge in [0.2, 0.25) is 0 Å². The molecule has 0 radical (unpaired) electrons. The smallest absolute Gasteiger partial charge is 0.307 e. The van der Waals surface area contributed by atoms with Gasteiger partial charge in [-0.3, -0.25) is 9.78 Å². The molecule has 0 fully saturated rings. The maximum absolute atomic E-state index is 11.7. The van der Waals surface area contributed by atoms with Crippen LogP contribution in [0, 0.1) is 6.92 Å². The van der Waals surface area contributed by atoms with Crippen LogP contribution in [-0.4, -0.2) is 26.0 Å². The molecule has 0 aliphatic carbocycles. The molecule has 6 aromatic rings. The van der Waals surface area contributed by atoms with Crippen LogP contribution in [0.2, 0.25) is 5.02 Å². The van der Waals surface area contributed by atoms with E-state index in [0.29, 0.717) is 10.8 Å². The Kier molecular flexibility index (Phi) is 6.02. The van der Waals surface area contributed by atoms with Crippen LogP contribution in [0.5, 0.6) is 0 Å². The van der Waals surface area contributed by atoms with Gasteiger partial charge in [-0.1, -0.05) is 29.8 Å². The molecule has 0 spiro atoms. The number of nitrogens with zero attached hydrogens (tertiary/aromatic N) is 3. The average molecular weight is 537 g/mol. The lowest BCUT2D eigenvalue weighted by Crippen LogP contribution is -2.04. The minimum absolute atomic E-state index is 0.0746. The van der Waals surface area contributed by atoms with Crippen LogP contribution in [-0.2, 0) is 11.2 Å². The molecule has 0 aliphatic rings. The monoisotopic (exact) mass is 536 g/mol. The first-order valence-corrected chi connectivity index (χ1v) is 13.1. The van der Waals surface area contributed by atoms with Crippen LogP contribution in [0.25, 0.3) is 54.1 Å². The summed E-state index contributed by atoms with van der Waals surface area (Å²) >= 11 is 7.69. The Morgan fingerprint density at radius 3 is 2.50 bits per heavy atom. The van der Waals surface area contributed by atoms with Crippen LogP contribution in [0.4, 0.5) is 5.82 Å².